The molecule has 2 aliphatic rings. The van der Waals surface area contributed by atoms with Crippen LogP contribution in [-0.4, -0.2) is 25.3 Å². The molecule has 98 valence electrons. The fourth-order valence-electron chi connectivity index (χ4n) is 3.19. The largest absolute Gasteiger partial charge is 0.374 e. The molecule has 1 aromatic carbocycles. The van der Waals surface area contributed by atoms with E-state index in [4.69, 9.17) is 16.3 Å². The summed E-state index contributed by atoms with van der Waals surface area (Å²) < 4.78 is 5.87. The molecule has 0 spiro atoms. The number of benzene rings is 1. The van der Waals surface area contributed by atoms with Crippen molar-refractivity contribution in [3.63, 3.8) is 0 Å². The number of alkyl halides is 1. The topological polar surface area (TPSA) is 12.5 Å². The monoisotopic (exact) mass is 329 g/mol. The van der Waals surface area contributed by atoms with Gasteiger partial charge in [-0.3, -0.25) is 0 Å². The molecule has 1 aliphatic carbocycles. The smallest absolute Gasteiger partial charge is 0.0779 e. The number of para-hydroxylation sites is 1. The number of nitrogens with zero attached hydrogens (tertiary/aromatic N) is 1. The van der Waals surface area contributed by atoms with Crippen LogP contribution in [0.2, 0.25) is 5.02 Å². The van der Waals surface area contributed by atoms with E-state index in [0.717, 1.165) is 23.5 Å². The second kappa shape index (κ2) is 5.40. The molecular formula is C14H17BrClNO. The summed E-state index contributed by atoms with van der Waals surface area (Å²) in [5.74, 6) is 0. The number of anilines is 1. The molecule has 0 radical (unpaired) electrons. The van der Waals surface area contributed by atoms with E-state index in [0.29, 0.717) is 12.1 Å². The lowest BCUT2D eigenvalue weighted by Gasteiger charge is -2.40. The van der Waals surface area contributed by atoms with Gasteiger partial charge in [0.15, 0.2) is 0 Å². The molecule has 2 unspecified atom stereocenters. The van der Waals surface area contributed by atoms with Gasteiger partial charge in [-0.1, -0.05) is 39.7 Å². The van der Waals surface area contributed by atoms with Crippen molar-refractivity contribution in [1.82, 2.24) is 0 Å². The van der Waals surface area contributed by atoms with Gasteiger partial charge in [0.1, 0.15) is 0 Å². The Morgan fingerprint density at radius 1 is 1.39 bits per heavy atom. The molecule has 1 aliphatic heterocycles. The Labute approximate surface area is 121 Å². The molecule has 0 aromatic heterocycles. The minimum absolute atomic E-state index is 0.401. The number of fused-ring (bicyclic) bond motifs is 1. The highest BCUT2D eigenvalue weighted by Crippen LogP contribution is 2.38. The summed E-state index contributed by atoms with van der Waals surface area (Å²) in [5, 5.41) is 1.71. The molecule has 1 heterocycles. The van der Waals surface area contributed by atoms with Crippen molar-refractivity contribution in [2.75, 3.05) is 18.1 Å². The zero-order valence-corrected chi connectivity index (χ0v) is 12.6. The Bertz CT molecular complexity index is 440. The van der Waals surface area contributed by atoms with Crippen LogP contribution in [0.25, 0.3) is 0 Å². The van der Waals surface area contributed by atoms with Gasteiger partial charge in [-0.15, -0.1) is 0 Å². The summed E-state index contributed by atoms with van der Waals surface area (Å²) in [6, 6.07) is 6.67. The summed E-state index contributed by atoms with van der Waals surface area (Å²) in [4.78, 5) is 2.47. The van der Waals surface area contributed by atoms with Crippen LogP contribution in [0.15, 0.2) is 18.2 Å². The van der Waals surface area contributed by atoms with E-state index in [1.807, 2.05) is 12.1 Å². The Balaban J connectivity index is 1.98. The van der Waals surface area contributed by atoms with E-state index in [-0.39, 0.29) is 0 Å². The predicted molar refractivity (Wildman–Crippen MR) is 78.8 cm³/mol. The maximum Gasteiger partial charge on any atom is 0.0779 e. The van der Waals surface area contributed by atoms with Crippen LogP contribution in [0.5, 0.6) is 0 Å². The zero-order valence-electron chi connectivity index (χ0n) is 10.2. The van der Waals surface area contributed by atoms with Crippen LogP contribution in [0.4, 0.5) is 5.69 Å². The lowest BCUT2D eigenvalue weighted by molar-refractivity contribution is 0.0256. The Morgan fingerprint density at radius 3 is 3.11 bits per heavy atom. The number of morpholine rings is 1. The van der Waals surface area contributed by atoms with Crippen molar-refractivity contribution in [3.05, 3.63) is 28.8 Å². The first-order valence-corrected chi connectivity index (χ1v) is 8.03. The first kappa shape index (κ1) is 12.8. The summed E-state index contributed by atoms with van der Waals surface area (Å²) in [7, 11) is 0. The minimum atomic E-state index is 0.401. The van der Waals surface area contributed by atoms with E-state index >= 15 is 0 Å². The summed E-state index contributed by atoms with van der Waals surface area (Å²) in [6.07, 6.45) is 4.07. The molecule has 1 saturated carbocycles. The number of ether oxygens (including phenoxy) is 1. The molecule has 0 N–H and O–H groups in total. The average molecular weight is 331 g/mol. The Hall–Kier alpha value is -0.250. The van der Waals surface area contributed by atoms with Crippen molar-refractivity contribution in [3.8, 4) is 0 Å². The highest BCUT2D eigenvalue weighted by molar-refractivity contribution is 9.08. The fraction of sp³-hybridized carbons (Fsp3) is 0.571. The molecule has 2 atom stereocenters. The third-order valence-corrected chi connectivity index (χ3v) is 4.89. The van der Waals surface area contributed by atoms with Gasteiger partial charge in [0.25, 0.3) is 0 Å². The Morgan fingerprint density at radius 2 is 2.28 bits per heavy atom. The predicted octanol–water partition coefficient (Wildman–Crippen LogP) is 3.99. The van der Waals surface area contributed by atoms with Gasteiger partial charge < -0.3 is 9.64 Å². The number of hydrogen-bond acceptors (Lipinski definition) is 2. The van der Waals surface area contributed by atoms with E-state index < -0.39 is 0 Å². The number of hydrogen-bond donors (Lipinski definition) is 0. The van der Waals surface area contributed by atoms with E-state index in [1.54, 1.807) is 0 Å². The molecule has 1 aromatic rings. The highest BCUT2D eigenvalue weighted by Gasteiger charge is 2.37. The molecule has 2 fully saturated rings. The van der Waals surface area contributed by atoms with Crippen LogP contribution in [0.1, 0.15) is 24.8 Å². The minimum Gasteiger partial charge on any atom is -0.374 e. The van der Waals surface area contributed by atoms with Gasteiger partial charge in [-0.2, -0.15) is 0 Å². The van der Waals surface area contributed by atoms with Crippen LogP contribution >= 0.6 is 27.5 Å². The highest BCUT2D eigenvalue weighted by atomic mass is 79.9. The lowest BCUT2D eigenvalue weighted by atomic mass is 10.1. The summed E-state index contributed by atoms with van der Waals surface area (Å²) >= 11 is 9.99. The standard InChI is InChI=1S/C14H17BrClNO/c15-9-10-3-1-4-11(16)14(10)17-7-8-18-13-6-2-5-12(13)17/h1,3-4,12-13H,2,5-9H2. The zero-order chi connectivity index (χ0) is 12.5. The van der Waals surface area contributed by atoms with Crippen molar-refractivity contribution in [2.45, 2.75) is 36.7 Å². The van der Waals surface area contributed by atoms with Crippen molar-refractivity contribution in [2.24, 2.45) is 0 Å². The van der Waals surface area contributed by atoms with Gasteiger partial charge in [-0.25, -0.2) is 0 Å². The lowest BCUT2D eigenvalue weighted by Crippen LogP contribution is -2.49. The molecule has 18 heavy (non-hydrogen) atoms. The molecule has 2 nitrogen and oxygen atoms in total. The quantitative estimate of drug-likeness (QED) is 0.760. The summed E-state index contributed by atoms with van der Waals surface area (Å²) in [6.45, 7) is 1.76. The average Bonchev–Trinajstić information content (AvgIpc) is 2.86. The first-order valence-electron chi connectivity index (χ1n) is 6.53. The van der Waals surface area contributed by atoms with E-state index in [1.165, 1.54) is 30.5 Å². The third kappa shape index (κ3) is 2.17. The van der Waals surface area contributed by atoms with Gasteiger partial charge >= 0.3 is 0 Å². The molecule has 3 rings (SSSR count). The van der Waals surface area contributed by atoms with E-state index in [2.05, 4.69) is 26.9 Å². The van der Waals surface area contributed by atoms with Crippen molar-refractivity contribution < 1.29 is 4.74 Å². The molecule has 1 saturated heterocycles. The van der Waals surface area contributed by atoms with Gasteiger partial charge in [0.05, 0.1) is 29.5 Å². The first-order chi connectivity index (χ1) is 8.81. The van der Waals surface area contributed by atoms with Crippen LogP contribution in [-0.2, 0) is 10.1 Å². The summed E-state index contributed by atoms with van der Waals surface area (Å²) in [5.41, 5.74) is 2.48. The Kier molecular flexibility index (Phi) is 3.83. The van der Waals surface area contributed by atoms with Gasteiger partial charge in [-0.05, 0) is 30.9 Å². The van der Waals surface area contributed by atoms with Crippen LogP contribution in [0.3, 0.4) is 0 Å². The van der Waals surface area contributed by atoms with Gasteiger partial charge in [0, 0.05) is 11.9 Å². The van der Waals surface area contributed by atoms with E-state index in [9.17, 15) is 0 Å². The molecule has 4 heteroatoms. The molecule has 0 bridgehead atoms. The number of halogens is 2. The SMILES string of the molecule is Clc1cccc(CBr)c1N1CCOC2CCCC21. The van der Waals surface area contributed by atoms with Crippen molar-refractivity contribution >= 4 is 33.2 Å². The molecule has 0 amide bonds. The maximum absolute atomic E-state index is 6.43. The van der Waals surface area contributed by atoms with Crippen molar-refractivity contribution in [1.29, 1.82) is 0 Å². The molecular weight excluding hydrogens is 314 g/mol. The maximum atomic E-state index is 6.43. The van der Waals surface area contributed by atoms with Gasteiger partial charge in [0.2, 0.25) is 0 Å². The second-order valence-corrected chi connectivity index (χ2v) is 5.95. The van der Waals surface area contributed by atoms with Crippen LogP contribution < -0.4 is 4.90 Å². The van der Waals surface area contributed by atoms with Crippen LogP contribution in [0, 0.1) is 0 Å². The second-order valence-electron chi connectivity index (χ2n) is 4.98. The fourth-order valence-corrected chi connectivity index (χ4v) is 3.95. The number of rotatable bonds is 2. The normalized spacial score (nSPS) is 27.3. The third-order valence-electron chi connectivity index (χ3n) is 3.98.